The Morgan fingerprint density at radius 3 is 2.53 bits per heavy atom. The molecule has 1 aliphatic heterocycles. The summed E-state index contributed by atoms with van der Waals surface area (Å²) in [6.45, 7) is 2.17. The molecule has 2 nitrogen and oxygen atoms in total. The predicted molar refractivity (Wildman–Crippen MR) is 63.8 cm³/mol. The number of allylic oxidation sites excluding steroid dienone is 2. The second-order valence-electron chi connectivity index (χ2n) is 3.70. The molecule has 0 fully saturated rings. The van der Waals surface area contributed by atoms with Gasteiger partial charge >= 0.3 is 0 Å². The molecule has 15 heavy (non-hydrogen) atoms. The van der Waals surface area contributed by atoms with Crippen molar-refractivity contribution >= 4 is 5.70 Å². The van der Waals surface area contributed by atoms with Crippen LogP contribution in [0.4, 0.5) is 0 Å². The SMILES string of the molecule is CCc1ccc(C2=CC=CN(C)N2)cc1. The lowest BCUT2D eigenvalue weighted by Crippen LogP contribution is -2.29. The van der Waals surface area contributed by atoms with Gasteiger partial charge in [0.2, 0.25) is 0 Å². The molecule has 0 spiro atoms. The molecule has 1 aliphatic rings. The monoisotopic (exact) mass is 200 g/mol. The summed E-state index contributed by atoms with van der Waals surface area (Å²) in [6.07, 6.45) is 7.21. The fourth-order valence-corrected chi connectivity index (χ4v) is 1.61. The molecule has 0 atom stereocenters. The molecule has 0 unspecified atom stereocenters. The average molecular weight is 200 g/mol. The van der Waals surface area contributed by atoms with Gasteiger partial charge in [0, 0.05) is 13.2 Å². The van der Waals surface area contributed by atoms with Crippen molar-refractivity contribution in [1.29, 1.82) is 0 Å². The smallest absolute Gasteiger partial charge is 0.0614 e. The Labute approximate surface area is 90.9 Å². The van der Waals surface area contributed by atoms with Crippen LogP contribution in [-0.4, -0.2) is 12.1 Å². The molecule has 0 bridgehead atoms. The Balaban J connectivity index is 2.22. The standard InChI is InChI=1S/C13H16N2/c1-3-11-6-8-12(9-7-11)13-5-4-10-15(2)14-13/h4-10,14H,3H2,1-2H3. The maximum atomic E-state index is 3.28. The van der Waals surface area contributed by atoms with Crippen LogP contribution in [0.2, 0.25) is 0 Å². The molecule has 2 rings (SSSR count). The van der Waals surface area contributed by atoms with Gasteiger partial charge in [-0.15, -0.1) is 0 Å². The van der Waals surface area contributed by atoms with E-state index < -0.39 is 0 Å². The van der Waals surface area contributed by atoms with Crippen molar-refractivity contribution in [2.75, 3.05) is 7.05 Å². The lowest BCUT2D eigenvalue weighted by atomic mass is 10.1. The van der Waals surface area contributed by atoms with Crippen LogP contribution in [0.5, 0.6) is 0 Å². The van der Waals surface area contributed by atoms with Gasteiger partial charge in [-0.05, 0) is 29.7 Å². The highest BCUT2D eigenvalue weighted by Crippen LogP contribution is 2.15. The third-order valence-corrected chi connectivity index (χ3v) is 2.54. The second-order valence-corrected chi connectivity index (χ2v) is 3.70. The summed E-state index contributed by atoms with van der Waals surface area (Å²) in [5.74, 6) is 0. The first kappa shape index (κ1) is 9.84. The van der Waals surface area contributed by atoms with E-state index in [1.807, 2.05) is 24.3 Å². The van der Waals surface area contributed by atoms with Crippen LogP contribution in [0.25, 0.3) is 5.70 Å². The molecule has 2 heteroatoms. The first-order chi connectivity index (χ1) is 7.29. The first-order valence-electron chi connectivity index (χ1n) is 5.27. The van der Waals surface area contributed by atoms with Crippen LogP contribution in [0.3, 0.4) is 0 Å². The van der Waals surface area contributed by atoms with Gasteiger partial charge in [0.15, 0.2) is 0 Å². The maximum absolute atomic E-state index is 3.28. The molecular formula is C13H16N2. The van der Waals surface area contributed by atoms with Crippen LogP contribution >= 0.6 is 0 Å². The molecular weight excluding hydrogens is 184 g/mol. The molecule has 0 aliphatic carbocycles. The zero-order valence-corrected chi connectivity index (χ0v) is 9.20. The van der Waals surface area contributed by atoms with Gasteiger partial charge in [-0.3, -0.25) is 10.4 Å². The summed E-state index contributed by atoms with van der Waals surface area (Å²) >= 11 is 0. The van der Waals surface area contributed by atoms with E-state index >= 15 is 0 Å². The zero-order valence-electron chi connectivity index (χ0n) is 9.20. The van der Waals surface area contributed by atoms with Gasteiger partial charge in [-0.2, -0.15) is 0 Å². The Morgan fingerprint density at radius 2 is 1.93 bits per heavy atom. The molecule has 0 saturated heterocycles. The Morgan fingerprint density at radius 1 is 1.20 bits per heavy atom. The number of aryl methyl sites for hydroxylation is 1. The molecule has 1 N–H and O–H groups in total. The van der Waals surface area contributed by atoms with Crippen LogP contribution in [0.15, 0.2) is 42.6 Å². The number of benzene rings is 1. The average Bonchev–Trinajstić information content (AvgIpc) is 2.29. The predicted octanol–water partition coefficient (Wildman–Crippen LogP) is 2.55. The minimum Gasteiger partial charge on any atom is -0.299 e. The molecule has 0 amide bonds. The summed E-state index contributed by atoms with van der Waals surface area (Å²) in [5.41, 5.74) is 7.02. The van der Waals surface area contributed by atoms with Gasteiger partial charge in [0.05, 0.1) is 5.70 Å². The van der Waals surface area contributed by atoms with Gasteiger partial charge in [0.1, 0.15) is 0 Å². The van der Waals surface area contributed by atoms with E-state index in [-0.39, 0.29) is 0 Å². The number of hydrazine groups is 1. The van der Waals surface area contributed by atoms with E-state index in [0.717, 1.165) is 12.1 Å². The van der Waals surface area contributed by atoms with Crippen molar-refractivity contribution < 1.29 is 0 Å². The van der Waals surface area contributed by atoms with Crippen LogP contribution in [0.1, 0.15) is 18.1 Å². The van der Waals surface area contributed by atoms with E-state index in [2.05, 4.69) is 42.7 Å². The Hall–Kier alpha value is -1.70. The second kappa shape index (κ2) is 4.22. The number of hydrogen-bond acceptors (Lipinski definition) is 2. The van der Waals surface area contributed by atoms with Gasteiger partial charge < -0.3 is 0 Å². The van der Waals surface area contributed by atoms with Crippen molar-refractivity contribution in [2.24, 2.45) is 0 Å². The molecule has 1 aromatic rings. The van der Waals surface area contributed by atoms with Gasteiger partial charge in [-0.1, -0.05) is 31.2 Å². The lowest BCUT2D eigenvalue weighted by molar-refractivity contribution is 0.394. The lowest BCUT2D eigenvalue weighted by Gasteiger charge is -2.22. The highest BCUT2D eigenvalue weighted by molar-refractivity contribution is 5.66. The molecule has 0 saturated carbocycles. The van der Waals surface area contributed by atoms with Crippen molar-refractivity contribution in [3.63, 3.8) is 0 Å². The number of nitrogens with one attached hydrogen (secondary N) is 1. The fourth-order valence-electron chi connectivity index (χ4n) is 1.61. The summed E-state index contributed by atoms with van der Waals surface area (Å²) in [6, 6.07) is 8.67. The molecule has 1 heterocycles. The largest absolute Gasteiger partial charge is 0.299 e. The first-order valence-corrected chi connectivity index (χ1v) is 5.27. The summed E-state index contributed by atoms with van der Waals surface area (Å²) in [5, 5.41) is 1.95. The highest BCUT2D eigenvalue weighted by Gasteiger charge is 2.04. The van der Waals surface area contributed by atoms with Crippen LogP contribution in [-0.2, 0) is 6.42 Å². The number of rotatable bonds is 2. The minimum absolute atomic E-state index is 1.09. The van der Waals surface area contributed by atoms with E-state index in [4.69, 9.17) is 0 Å². The molecule has 0 radical (unpaired) electrons. The normalized spacial score (nSPS) is 14.8. The van der Waals surface area contributed by atoms with E-state index in [1.54, 1.807) is 0 Å². The van der Waals surface area contributed by atoms with Crippen molar-refractivity contribution in [3.8, 4) is 0 Å². The van der Waals surface area contributed by atoms with Gasteiger partial charge in [-0.25, -0.2) is 0 Å². The summed E-state index contributed by atoms with van der Waals surface area (Å²) in [4.78, 5) is 0. The summed E-state index contributed by atoms with van der Waals surface area (Å²) < 4.78 is 0. The molecule has 1 aromatic carbocycles. The number of hydrogen-bond donors (Lipinski definition) is 1. The fraction of sp³-hybridized carbons (Fsp3) is 0.231. The zero-order chi connectivity index (χ0) is 10.7. The topological polar surface area (TPSA) is 15.3 Å². The van der Waals surface area contributed by atoms with Crippen molar-refractivity contribution in [2.45, 2.75) is 13.3 Å². The number of nitrogens with zero attached hydrogens (tertiary/aromatic N) is 1. The quantitative estimate of drug-likeness (QED) is 0.789. The highest BCUT2D eigenvalue weighted by atomic mass is 15.5. The Bertz CT molecular complexity index is 388. The third kappa shape index (κ3) is 2.21. The van der Waals surface area contributed by atoms with Crippen LogP contribution in [0, 0.1) is 0 Å². The minimum atomic E-state index is 1.09. The third-order valence-electron chi connectivity index (χ3n) is 2.54. The van der Waals surface area contributed by atoms with Crippen molar-refractivity contribution in [3.05, 3.63) is 53.7 Å². The maximum Gasteiger partial charge on any atom is 0.0614 e. The van der Waals surface area contributed by atoms with E-state index in [0.29, 0.717) is 0 Å². The molecule has 0 aromatic heterocycles. The Kier molecular flexibility index (Phi) is 2.77. The van der Waals surface area contributed by atoms with Crippen LogP contribution < -0.4 is 5.43 Å². The van der Waals surface area contributed by atoms with E-state index in [9.17, 15) is 0 Å². The summed E-state index contributed by atoms with van der Waals surface area (Å²) in [7, 11) is 1.99. The van der Waals surface area contributed by atoms with Crippen molar-refractivity contribution in [1.82, 2.24) is 10.4 Å². The van der Waals surface area contributed by atoms with Gasteiger partial charge in [0.25, 0.3) is 0 Å². The molecule has 78 valence electrons. The van der Waals surface area contributed by atoms with E-state index in [1.165, 1.54) is 11.1 Å².